The topological polar surface area (TPSA) is 84.2 Å². The van der Waals surface area contributed by atoms with Crippen molar-refractivity contribution in [1.29, 1.82) is 0 Å². The number of rotatable bonds is 4. The molecule has 1 aliphatic rings. The second kappa shape index (κ2) is 5.03. The average molecular weight is 265 g/mol. The van der Waals surface area contributed by atoms with Crippen molar-refractivity contribution in [2.75, 3.05) is 5.32 Å². The molecule has 2 rings (SSSR count). The maximum atomic E-state index is 12.2. The van der Waals surface area contributed by atoms with Gasteiger partial charge in [0, 0.05) is 12.1 Å². The Kier molecular flexibility index (Phi) is 3.59. The number of hydrogen-bond acceptors (Lipinski definition) is 3. The van der Waals surface area contributed by atoms with Gasteiger partial charge >= 0.3 is 5.97 Å². The minimum atomic E-state index is -0.960. The third-order valence-electron chi connectivity index (χ3n) is 3.77. The standard InChI is InChI=1S/C13H19N3O3/c1-13(2)5-3-4-10(13)12(19)15-9-6-14-16(7-9)8-11(17)18/h6-7,10H,3-5,8H2,1-2H3,(H,15,19)(H,17,18). The maximum Gasteiger partial charge on any atom is 0.325 e. The number of carbonyl (C=O) groups is 2. The zero-order valence-corrected chi connectivity index (χ0v) is 11.2. The molecule has 0 bridgehead atoms. The summed E-state index contributed by atoms with van der Waals surface area (Å²) in [5.41, 5.74) is 0.579. The fourth-order valence-corrected chi connectivity index (χ4v) is 2.70. The van der Waals surface area contributed by atoms with Crippen molar-refractivity contribution in [1.82, 2.24) is 9.78 Å². The largest absolute Gasteiger partial charge is 0.480 e. The summed E-state index contributed by atoms with van der Waals surface area (Å²) in [6.45, 7) is 4.01. The summed E-state index contributed by atoms with van der Waals surface area (Å²) < 4.78 is 1.29. The molecule has 1 aromatic heterocycles. The predicted octanol–water partition coefficient (Wildman–Crippen LogP) is 1.73. The molecule has 1 aliphatic carbocycles. The molecule has 0 radical (unpaired) electrons. The Morgan fingerprint density at radius 3 is 2.89 bits per heavy atom. The van der Waals surface area contributed by atoms with Crippen molar-refractivity contribution < 1.29 is 14.7 Å². The van der Waals surface area contributed by atoms with E-state index in [0.717, 1.165) is 19.3 Å². The van der Waals surface area contributed by atoms with E-state index in [2.05, 4.69) is 24.3 Å². The maximum absolute atomic E-state index is 12.2. The van der Waals surface area contributed by atoms with Gasteiger partial charge in [-0.1, -0.05) is 20.3 Å². The number of aliphatic carboxylic acids is 1. The lowest BCUT2D eigenvalue weighted by molar-refractivity contribution is -0.137. The van der Waals surface area contributed by atoms with Gasteiger partial charge in [0.05, 0.1) is 11.9 Å². The smallest absolute Gasteiger partial charge is 0.325 e. The number of hydrogen-bond donors (Lipinski definition) is 2. The van der Waals surface area contributed by atoms with E-state index in [-0.39, 0.29) is 23.8 Å². The first kappa shape index (κ1) is 13.6. The van der Waals surface area contributed by atoms with Crippen LogP contribution in [0.4, 0.5) is 5.69 Å². The first-order valence-electron chi connectivity index (χ1n) is 6.43. The summed E-state index contributed by atoms with van der Waals surface area (Å²) in [5.74, 6) is -0.953. The molecule has 1 saturated carbocycles. The van der Waals surface area contributed by atoms with Gasteiger partial charge in [0.25, 0.3) is 0 Å². The molecule has 6 nitrogen and oxygen atoms in total. The minimum absolute atomic E-state index is 0.00243. The monoisotopic (exact) mass is 265 g/mol. The van der Waals surface area contributed by atoms with E-state index in [1.807, 2.05) is 0 Å². The van der Waals surface area contributed by atoms with Crippen LogP contribution < -0.4 is 5.32 Å². The summed E-state index contributed by atoms with van der Waals surface area (Å²) in [6, 6.07) is 0. The molecule has 2 N–H and O–H groups in total. The average Bonchev–Trinajstić information content (AvgIpc) is 2.84. The SMILES string of the molecule is CC1(C)CCCC1C(=O)Nc1cnn(CC(=O)O)c1. The van der Waals surface area contributed by atoms with Crippen LogP contribution in [0.3, 0.4) is 0 Å². The van der Waals surface area contributed by atoms with Gasteiger partial charge in [0.2, 0.25) is 5.91 Å². The summed E-state index contributed by atoms with van der Waals surface area (Å²) >= 11 is 0. The molecule has 0 saturated heterocycles. The van der Waals surface area contributed by atoms with Crippen LogP contribution in [0, 0.1) is 11.3 Å². The lowest BCUT2D eigenvalue weighted by atomic mass is 9.81. The summed E-state index contributed by atoms with van der Waals surface area (Å²) in [7, 11) is 0. The first-order valence-corrected chi connectivity index (χ1v) is 6.43. The molecule has 1 atom stereocenters. The van der Waals surface area contributed by atoms with E-state index < -0.39 is 5.97 Å². The van der Waals surface area contributed by atoms with E-state index >= 15 is 0 Å². The highest BCUT2D eigenvalue weighted by atomic mass is 16.4. The minimum Gasteiger partial charge on any atom is -0.480 e. The second-order valence-electron chi connectivity index (χ2n) is 5.74. The number of carboxylic acids is 1. The zero-order valence-electron chi connectivity index (χ0n) is 11.2. The highest BCUT2D eigenvalue weighted by Gasteiger charge is 2.39. The van der Waals surface area contributed by atoms with Crippen molar-refractivity contribution in [3.05, 3.63) is 12.4 Å². The van der Waals surface area contributed by atoms with Gasteiger partial charge in [-0.2, -0.15) is 5.10 Å². The highest BCUT2D eigenvalue weighted by molar-refractivity contribution is 5.93. The third-order valence-corrected chi connectivity index (χ3v) is 3.77. The molecule has 0 aromatic carbocycles. The molecule has 6 heteroatoms. The second-order valence-corrected chi connectivity index (χ2v) is 5.74. The van der Waals surface area contributed by atoms with E-state index in [1.165, 1.54) is 17.1 Å². The summed E-state index contributed by atoms with van der Waals surface area (Å²) in [4.78, 5) is 22.7. The molecule has 19 heavy (non-hydrogen) atoms. The molecule has 0 aliphatic heterocycles. The van der Waals surface area contributed by atoms with Gasteiger partial charge in [-0.15, -0.1) is 0 Å². The Morgan fingerprint density at radius 2 is 2.32 bits per heavy atom. The van der Waals surface area contributed by atoms with Crippen molar-refractivity contribution in [3.8, 4) is 0 Å². The van der Waals surface area contributed by atoms with Crippen LogP contribution in [0.15, 0.2) is 12.4 Å². The van der Waals surface area contributed by atoms with Crippen LogP contribution in [-0.2, 0) is 16.1 Å². The number of aromatic nitrogens is 2. The summed E-state index contributed by atoms with van der Waals surface area (Å²) in [5, 5.41) is 15.4. The molecule has 1 heterocycles. The van der Waals surface area contributed by atoms with E-state index in [9.17, 15) is 9.59 Å². The van der Waals surface area contributed by atoms with Crippen LogP contribution in [0.1, 0.15) is 33.1 Å². The molecular formula is C13H19N3O3. The first-order chi connectivity index (χ1) is 8.88. The number of carboxylic acid groups (broad SMARTS) is 1. The van der Waals surface area contributed by atoms with Gasteiger partial charge in [0.15, 0.2) is 0 Å². The van der Waals surface area contributed by atoms with Crippen molar-refractivity contribution in [3.63, 3.8) is 0 Å². The van der Waals surface area contributed by atoms with Gasteiger partial charge in [-0.05, 0) is 18.3 Å². The molecular weight excluding hydrogens is 246 g/mol. The molecule has 1 aromatic rings. The number of anilines is 1. The fraction of sp³-hybridized carbons (Fsp3) is 0.615. The van der Waals surface area contributed by atoms with Crippen LogP contribution >= 0.6 is 0 Å². The van der Waals surface area contributed by atoms with Crippen LogP contribution in [0.5, 0.6) is 0 Å². The molecule has 1 amide bonds. The van der Waals surface area contributed by atoms with Crippen molar-refractivity contribution >= 4 is 17.6 Å². The van der Waals surface area contributed by atoms with Gasteiger partial charge in [0.1, 0.15) is 6.54 Å². The zero-order chi connectivity index (χ0) is 14.0. The van der Waals surface area contributed by atoms with Crippen LogP contribution in [0.25, 0.3) is 0 Å². The van der Waals surface area contributed by atoms with Gasteiger partial charge < -0.3 is 10.4 Å². The fourth-order valence-electron chi connectivity index (χ4n) is 2.70. The third kappa shape index (κ3) is 3.13. The van der Waals surface area contributed by atoms with E-state index in [4.69, 9.17) is 5.11 Å². The van der Waals surface area contributed by atoms with Gasteiger partial charge in [-0.25, -0.2) is 0 Å². The number of carbonyl (C=O) groups excluding carboxylic acids is 1. The Hall–Kier alpha value is -1.85. The number of nitrogens with zero attached hydrogens (tertiary/aromatic N) is 2. The number of nitrogens with one attached hydrogen (secondary N) is 1. The van der Waals surface area contributed by atoms with Gasteiger partial charge in [-0.3, -0.25) is 14.3 Å². The molecule has 104 valence electrons. The quantitative estimate of drug-likeness (QED) is 0.868. The molecule has 1 fully saturated rings. The summed E-state index contributed by atoms with van der Waals surface area (Å²) in [6.07, 6.45) is 6.05. The highest BCUT2D eigenvalue weighted by Crippen LogP contribution is 2.42. The Balaban J connectivity index is 1.99. The lowest BCUT2D eigenvalue weighted by Gasteiger charge is -2.25. The Labute approximate surface area is 111 Å². The number of amides is 1. The lowest BCUT2D eigenvalue weighted by Crippen LogP contribution is -2.30. The Bertz CT molecular complexity index is 493. The van der Waals surface area contributed by atoms with Crippen LogP contribution in [0.2, 0.25) is 0 Å². The van der Waals surface area contributed by atoms with Crippen molar-refractivity contribution in [2.45, 2.75) is 39.7 Å². The normalized spacial score (nSPS) is 21.3. The van der Waals surface area contributed by atoms with Crippen molar-refractivity contribution in [2.24, 2.45) is 11.3 Å². The van der Waals surface area contributed by atoms with E-state index in [1.54, 1.807) is 0 Å². The van der Waals surface area contributed by atoms with E-state index in [0.29, 0.717) is 5.69 Å². The Morgan fingerprint density at radius 1 is 1.58 bits per heavy atom. The van der Waals surface area contributed by atoms with Crippen LogP contribution in [-0.4, -0.2) is 26.8 Å². The molecule has 1 unspecified atom stereocenters. The predicted molar refractivity (Wildman–Crippen MR) is 69.6 cm³/mol. The molecule has 0 spiro atoms.